The van der Waals surface area contributed by atoms with E-state index in [1.165, 1.54) is 16.7 Å². The number of fused-ring (bicyclic) bond motifs is 1. The standard InChI is InChI=1S/C22H26N2O3/c1-23-22(15-27-22)21-16(9-10-20(25)26)7-4-8-17(21)11-12-24-13-18-5-2-3-6-19(18)14-24/h2-8,23H,9-15H2,1H3,(H,25,26). The Bertz CT molecular complexity index is 820. The van der Waals surface area contributed by atoms with Crippen LogP contribution >= 0.6 is 0 Å². The van der Waals surface area contributed by atoms with E-state index < -0.39 is 11.7 Å². The molecule has 1 unspecified atom stereocenters. The average molecular weight is 366 g/mol. The summed E-state index contributed by atoms with van der Waals surface area (Å²) in [6, 6.07) is 14.9. The van der Waals surface area contributed by atoms with Gasteiger partial charge in [-0.15, -0.1) is 0 Å². The predicted molar refractivity (Wildman–Crippen MR) is 103 cm³/mol. The number of benzene rings is 2. The van der Waals surface area contributed by atoms with Crippen LogP contribution in [0.25, 0.3) is 0 Å². The molecule has 2 aliphatic heterocycles. The number of carboxylic acid groups (broad SMARTS) is 1. The lowest BCUT2D eigenvalue weighted by atomic mass is 9.90. The minimum atomic E-state index is -0.767. The van der Waals surface area contributed by atoms with E-state index in [0.29, 0.717) is 13.0 Å². The maximum atomic E-state index is 11.1. The minimum Gasteiger partial charge on any atom is -0.481 e. The molecule has 0 aliphatic carbocycles. The Morgan fingerprint density at radius 3 is 2.30 bits per heavy atom. The summed E-state index contributed by atoms with van der Waals surface area (Å²) in [6.45, 7) is 3.61. The van der Waals surface area contributed by atoms with E-state index in [1.54, 1.807) is 0 Å². The third-order valence-electron chi connectivity index (χ3n) is 5.69. The van der Waals surface area contributed by atoms with Crippen molar-refractivity contribution in [3.05, 3.63) is 70.3 Å². The van der Waals surface area contributed by atoms with Crippen LogP contribution in [0.15, 0.2) is 42.5 Å². The minimum absolute atomic E-state index is 0.137. The first-order chi connectivity index (χ1) is 13.1. The molecule has 0 saturated carbocycles. The molecule has 2 aliphatic rings. The Labute approximate surface area is 160 Å². The molecular weight excluding hydrogens is 340 g/mol. The highest BCUT2D eigenvalue weighted by Crippen LogP contribution is 2.40. The van der Waals surface area contributed by atoms with Gasteiger partial charge in [0, 0.05) is 31.6 Å². The highest BCUT2D eigenvalue weighted by atomic mass is 16.6. The fourth-order valence-corrected chi connectivity index (χ4v) is 4.16. The van der Waals surface area contributed by atoms with Crippen LogP contribution in [-0.4, -0.2) is 36.2 Å². The van der Waals surface area contributed by atoms with Crippen molar-refractivity contribution in [2.24, 2.45) is 0 Å². The Morgan fingerprint density at radius 1 is 1.11 bits per heavy atom. The number of aliphatic carboxylic acids is 1. The van der Waals surface area contributed by atoms with Crippen LogP contribution in [0.5, 0.6) is 0 Å². The van der Waals surface area contributed by atoms with Gasteiger partial charge in [-0.25, -0.2) is 0 Å². The number of hydrogen-bond donors (Lipinski definition) is 2. The molecular formula is C22H26N2O3. The van der Waals surface area contributed by atoms with Gasteiger partial charge in [-0.1, -0.05) is 42.5 Å². The first-order valence-electron chi connectivity index (χ1n) is 9.56. The summed E-state index contributed by atoms with van der Waals surface area (Å²) in [7, 11) is 1.90. The fraction of sp³-hybridized carbons (Fsp3) is 0.409. The van der Waals surface area contributed by atoms with Gasteiger partial charge in [0.1, 0.15) is 0 Å². The topological polar surface area (TPSA) is 65.1 Å². The van der Waals surface area contributed by atoms with Crippen molar-refractivity contribution in [1.82, 2.24) is 10.2 Å². The Balaban J connectivity index is 1.52. The predicted octanol–water partition coefficient (Wildman–Crippen LogP) is 2.66. The quantitative estimate of drug-likeness (QED) is 0.703. The molecule has 2 aromatic rings. The zero-order chi connectivity index (χ0) is 18.9. The maximum absolute atomic E-state index is 11.1. The van der Waals surface area contributed by atoms with Crippen LogP contribution in [0.3, 0.4) is 0 Å². The maximum Gasteiger partial charge on any atom is 0.303 e. The summed E-state index contributed by atoms with van der Waals surface area (Å²) in [5, 5.41) is 12.4. The highest BCUT2D eigenvalue weighted by Gasteiger charge is 2.47. The summed E-state index contributed by atoms with van der Waals surface area (Å²) in [5.74, 6) is -0.767. The number of nitrogens with zero attached hydrogens (tertiary/aromatic N) is 1. The molecule has 142 valence electrons. The van der Waals surface area contributed by atoms with Gasteiger partial charge in [0.2, 0.25) is 0 Å². The van der Waals surface area contributed by atoms with Crippen molar-refractivity contribution in [2.75, 3.05) is 20.2 Å². The SMILES string of the molecule is CNC1(c2c(CCC(=O)O)cccc2CCN2Cc3ccccc3C2)CO1. The molecule has 0 spiro atoms. The molecule has 5 nitrogen and oxygen atoms in total. The first kappa shape index (κ1) is 18.2. The van der Waals surface area contributed by atoms with Crippen LogP contribution in [0.4, 0.5) is 0 Å². The van der Waals surface area contributed by atoms with Gasteiger partial charge in [-0.2, -0.15) is 0 Å². The number of aryl methyl sites for hydroxylation is 1. The van der Waals surface area contributed by atoms with E-state index in [9.17, 15) is 4.79 Å². The van der Waals surface area contributed by atoms with Crippen LogP contribution in [0.2, 0.25) is 0 Å². The number of ether oxygens (including phenoxy) is 1. The molecule has 5 heteroatoms. The van der Waals surface area contributed by atoms with Crippen molar-refractivity contribution in [1.29, 1.82) is 0 Å². The molecule has 1 atom stereocenters. The normalized spacial score (nSPS) is 21.2. The number of hydrogen-bond acceptors (Lipinski definition) is 4. The summed E-state index contributed by atoms with van der Waals surface area (Å²) in [4.78, 5) is 13.5. The second-order valence-electron chi connectivity index (χ2n) is 7.44. The number of carbonyl (C=O) groups is 1. The van der Waals surface area contributed by atoms with Gasteiger partial charge in [-0.3, -0.25) is 15.0 Å². The molecule has 1 fully saturated rings. The van der Waals surface area contributed by atoms with E-state index in [-0.39, 0.29) is 6.42 Å². The summed E-state index contributed by atoms with van der Waals surface area (Å²) >= 11 is 0. The number of likely N-dealkylation sites (N-methyl/N-ethyl adjacent to an activating group) is 1. The van der Waals surface area contributed by atoms with Gasteiger partial charge >= 0.3 is 5.97 Å². The summed E-state index contributed by atoms with van der Waals surface area (Å²) in [5.41, 5.74) is 5.87. The van der Waals surface area contributed by atoms with Gasteiger partial charge < -0.3 is 9.84 Å². The third kappa shape index (κ3) is 3.76. The number of nitrogens with one attached hydrogen (secondary N) is 1. The molecule has 2 heterocycles. The van der Waals surface area contributed by atoms with Crippen molar-refractivity contribution in [2.45, 2.75) is 38.1 Å². The highest BCUT2D eigenvalue weighted by molar-refractivity contribution is 5.67. The van der Waals surface area contributed by atoms with Crippen LogP contribution < -0.4 is 5.32 Å². The largest absolute Gasteiger partial charge is 0.481 e. The second kappa shape index (κ2) is 7.43. The Morgan fingerprint density at radius 2 is 1.74 bits per heavy atom. The van der Waals surface area contributed by atoms with E-state index in [2.05, 4.69) is 40.5 Å². The molecule has 0 aromatic heterocycles. The fourth-order valence-electron chi connectivity index (χ4n) is 4.16. The van der Waals surface area contributed by atoms with E-state index in [1.807, 2.05) is 19.2 Å². The van der Waals surface area contributed by atoms with Crippen LogP contribution in [0, 0.1) is 0 Å². The van der Waals surface area contributed by atoms with Gasteiger partial charge in [0.15, 0.2) is 5.72 Å². The smallest absolute Gasteiger partial charge is 0.303 e. The molecule has 4 rings (SSSR count). The number of epoxide rings is 1. The Kier molecular flexibility index (Phi) is 5.00. The number of carboxylic acids is 1. The third-order valence-corrected chi connectivity index (χ3v) is 5.69. The Hall–Kier alpha value is -2.21. The molecule has 27 heavy (non-hydrogen) atoms. The van der Waals surface area contributed by atoms with Crippen molar-refractivity contribution >= 4 is 5.97 Å². The van der Waals surface area contributed by atoms with E-state index >= 15 is 0 Å². The summed E-state index contributed by atoms with van der Waals surface area (Å²) in [6.07, 6.45) is 1.59. The van der Waals surface area contributed by atoms with E-state index in [4.69, 9.17) is 9.84 Å². The molecule has 0 bridgehead atoms. The zero-order valence-electron chi connectivity index (χ0n) is 15.7. The number of rotatable bonds is 8. The van der Waals surface area contributed by atoms with Gasteiger partial charge in [-0.05, 0) is 42.1 Å². The van der Waals surface area contributed by atoms with Crippen LogP contribution in [-0.2, 0) is 41.2 Å². The van der Waals surface area contributed by atoms with E-state index in [0.717, 1.165) is 37.2 Å². The van der Waals surface area contributed by atoms with Crippen molar-refractivity contribution in [3.8, 4) is 0 Å². The lowest BCUT2D eigenvalue weighted by Gasteiger charge is -2.22. The lowest BCUT2D eigenvalue weighted by molar-refractivity contribution is -0.136. The molecule has 0 amide bonds. The van der Waals surface area contributed by atoms with Gasteiger partial charge in [0.05, 0.1) is 6.61 Å². The first-order valence-corrected chi connectivity index (χ1v) is 9.56. The molecule has 2 aromatic carbocycles. The van der Waals surface area contributed by atoms with Crippen molar-refractivity contribution in [3.63, 3.8) is 0 Å². The molecule has 2 N–H and O–H groups in total. The summed E-state index contributed by atoms with van der Waals surface area (Å²) < 4.78 is 5.77. The average Bonchev–Trinajstić information content (AvgIpc) is 3.36. The van der Waals surface area contributed by atoms with Gasteiger partial charge in [0.25, 0.3) is 0 Å². The second-order valence-corrected chi connectivity index (χ2v) is 7.44. The van der Waals surface area contributed by atoms with Crippen LogP contribution in [0.1, 0.15) is 34.2 Å². The molecule has 0 radical (unpaired) electrons. The monoisotopic (exact) mass is 366 g/mol. The lowest BCUT2D eigenvalue weighted by Crippen LogP contribution is -2.30. The van der Waals surface area contributed by atoms with Crippen molar-refractivity contribution < 1.29 is 14.6 Å². The zero-order valence-corrected chi connectivity index (χ0v) is 15.7. The molecule has 1 saturated heterocycles.